The molecule has 7 aliphatic heterocycles. The number of methoxy groups -OCH3 is 3. The van der Waals surface area contributed by atoms with Crippen molar-refractivity contribution in [1.29, 1.82) is 0 Å². The largest absolute Gasteiger partial charge is 0.459 e. The van der Waals surface area contributed by atoms with Crippen molar-refractivity contribution in [3.05, 3.63) is 149 Å². The smallest absolute Gasteiger partial charge is 0.410 e. The van der Waals surface area contributed by atoms with E-state index in [0.29, 0.717) is 149 Å². The number of piperazine rings is 2. The highest BCUT2D eigenvalue weighted by Gasteiger charge is 2.54. The molecule has 7 aromatic rings. The number of carbonyl (C=O) groups is 7. The molecule has 7 N–H and O–H groups in total. The first-order valence-electron chi connectivity index (χ1n) is 46.9. The number of ketones is 3. The van der Waals surface area contributed by atoms with Gasteiger partial charge in [-0.3, -0.25) is 33.8 Å². The molecule has 15 atom stereocenters. The van der Waals surface area contributed by atoms with E-state index >= 15 is 0 Å². The van der Waals surface area contributed by atoms with Gasteiger partial charge in [0.05, 0.1) is 61.3 Å². The van der Waals surface area contributed by atoms with Gasteiger partial charge < -0.3 is 84.3 Å². The van der Waals surface area contributed by atoms with Gasteiger partial charge in [0.2, 0.25) is 17.7 Å². The zero-order chi connectivity index (χ0) is 93.0. The van der Waals surface area contributed by atoms with E-state index < -0.39 is 102 Å². The minimum absolute atomic E-state index is 0.0127. The van der Waals surface area contributed by atoms with Crippen LogP contribution in [-0.2, 0) is 89.6 Å². The molecule has 1 aromatic carbocycles. The Kier molecular flexibility index (Phi) is 31.6. The monoisotopic (exact) mass is 1820 g/mol. The fraction of sp³-hybridized carbons (Fsp3) is 0.577. The van der Waals surface area contributed by atoms with Gasteiger partial charge in [-0.2, -0.15) is 5.10 Å². The van der Waals surface area contributed by atoms with Crippen molar-refractivity contribution < 1.29 is 76.9 Å². The predicted molar refractivity (Wildman–Crippen MR) is 493 cm³/mol. The first-order valence-corrected chi connectivity index (χ1v) is 46.9. The topological polar surface area (TPSA) is 423 Å². The second-order valence-electron chi connectivity index (χ2n) is 37.2. The fourth-order valence-corrected chi connectivity index (χ4v) is 19.9. The number of piperidine rings is 1. The number of benzene rings is 1. The van der Waals surface area contributed by atoms with Gasteiger partial charge in [0, 0.05) is 204 Å². The normalized spacial score (nSPS) is 28.7. The van der Waals surface area contributed by atoms with Crippen molar-refractivity contribution in [2.24, 2.45) is 35.3 Å². The molecule has 4 saturated heterocycles. The molecule has 5 fully saturated rings. The molecule has 0 radical (unpaired) electrons. The molecule has 708 valence electrons. The zero-order valence-corrected chi connectivity index (χ0v) is 77.4. The number of aromatic nitrogens is 10. The number of rotatable bonds is 19. The maximum Gasteiger partial charge on any atom is 0.410 e. The Morgan fingerprint density at radius 3 is 2.19 bits per heavy atom. The number of hydrogen-bond donors (Lipinski definition) is 5. The molecule has 13 heterocycles. The standard InChI is InChI=1S/C97H129N19O16/c1-59-15-11-10-12-16-60(2)79(126-7)49-73-22-18-64(6)97(125,132-73)87(120)92(122)115-28-14-13-17-76(115)93(123)130-80(50-77(117)61(3)44-63(5)85(119)86(128-9)84(118)62(4)43-59)74(98)46-65-20-23-78(81(47-65)127-8)131-96(124)114-30-26-75-72(57-114)54-104-95(107-75)112-37-33-110(34-38-112)40-42-129-41-39-109-31-35-111(36-32-109)94-102-52-71(53-103-94)91(121)113-29-25-67-45-66(19-21-69(67)56-113)55-116-90-82(88(99)105-58-106-90)83(108-116)70-48-68-24-27-100-89(68)101-51-70/h10-12,15-16,19,21,24,27,44-45,48,51-54,58-59,61-62,64-65,73-74,76,78-81,85-86,119,125H,13-14,17-18,20,22-23,25-26,28-43,46-47,49-50,55-57,98H2,1-9H3,(H,100,101)(H2,99,105,106)/b12-10+,15-11+,60-16+,63-44+/t59-,61-,62-,64-,65+,73+,74-,76+,78-,79+,80+,81-,85-,86+,97-/m1/s1. The number of nitrogen functional groups attached to an aromatic ring is 1. The Hall–Kier alpha value is -10.7. The summed E-state index contributed by atoms with van der Waals surface area (Å²) in [4.78, 5) is 150. The van der Waals surface area contributed by atoms with Crippen LogP contribution in [0, 0.1) is 29.6 Å². The quantitative estimate of drug-likeness (QED) is 0.0221. The molecular weight excluding hydrogens is 1690 g/mol. The molecule has 3 amide bonds. The second-order valence-corrected chi connectivity index (χ2v) is 37.2. The summed E-state index contributed by atoms with van der Waals surface area (Å²) in [7, 11) is 4.50. The summed E-state index contributed by atoms with van der Waals surface area (Å²) in [6.45, 7) is 22.0. The van der Waals surface area contributed by atoms with Gasteiger partial charge in [0.25, 0.3) is 17.6 Å². The third-order valence-corrected chi connectivity index (χ3v) is 28.1. The van der Waals surface area contributed by atoms with E-state index in [0.717, 1.165) is 115 Å². The molecule has 1 saturated carbocycles. The number of allylic oxidation sites excluding steroid dienone is 6. The molecule has 2 bridgehead atoms. The summed E-state index contributed by atoms with van der Waals surface area (Å²) in [5.41, 5.74) is 23.2. The summed E-state index contributed by atoms with van der Waals surface area (Å²) in [5.74, 6) is -7.11. The number of H-pyrrole nitrogens is 1. The number of ether oxygens (including phenoxy) is 7. The Bertz CT molecular complexity index is 5380. The number of aromatic amines is 1. The van der Waals surface area contributed by atoms with Crippen molar-refractivity contribution in [1.82, 2.24) is 74.2 Å². The highest BCUT2D eigenvalue weighted by molar-refractivity contribution is 6.39. The number of aliphatic hydroxyl groups excluding tert-OH is 1. The van der Waals surface area contributed by atoms with E-state index in [1.165, 1.54) is 19.0 Å². The van der Waals surface area contributed by atoms with Crippen LogP contribution in [0.4, 0.5) is 22.5 Å². The number of Topliss-reactive ketones (excluding diaryl/α,β-unsaturated/α-hetero) is 3. The number of nitrogens with zero attached hydrogens (tertiary/aromatic N) is 16. The maximum absolute atomic E-state index is 14.8. The minimum atomic E-state index is -2.50. The molecular formula is C97H129N19O16. The first-order chi connectivity index (χ1) is 63.7. The van der Waals surface area contributed by atoms with E-state index in [1.807, 2.05) is 78.3 Å². The zero-order valence-electron chi connectivity index (χ0n) is 77.4. The fourth-order valence-electron chi connectivity index (χ4n) is 19.9. The third kappa shape index (κ3) is 22.5. The molecule has 35 nitrogen and oxygen atoms in total. The lowest BCUT2D eigenvalue weighted by atomic mass is 9.80. The maximum atomic E-state index is 14.8. The number of aliphatic hydroxyl groups is 2. The molecule has 0 spiro atoms. The van der Waals surface area contributed by atoms with Crippen molar-refractivity contribution in [2.75, 3.05) is 135 Å². The summed E-state index contributed by atoms with van der Waals surface area (Å²) in [6, 6.07) is 8.15. The lowest BCUT2D eigenvalue weighted by molar-refractivity contribution is -0.265. The van der Waals surface area contributed by atoms with Crippen molar-refractivity contribution in [2.45, 2.75) is 212 Å². The van der Waals surface area contributed by atoms with Crippen molar-refractivity contribution in [3.63, 3.8) is 0 Å². The van der Waals surface area contributed by atoms with Crippen LogP contribution in [0.2, 0.25) is 0 Å². The molecule has 15 rings (SSSR count). The van der Waals surface area contributed by atoms with Gasteiger partial charge in [0.15, 0.2) is 11.4 Å². The molecule has 6 aromatic heterocycles. The number of cyclic esters (lactones) is 1. The number of carbonyl (C=O) groups excluding carboxylic acids is 7. The van der Waals surface area contributed by atoms with Crippen LogP contribution in [0.5, 0.6) is 0 Å². The van der Waals surface area contributed by atoms with E-state index in [-0.39, 0.29) is 68.1 Å². The van der Waals surface area contributed by atoms with E-state index in [4.69, 9.17) is 59.7 Å². The molecule has 132 heavy (non-hydrogen) atoms. The van der Waals surface area contributed by atoms with E-state index in [9.17, 15) is 43.8 Å². The Morgan fingerprint density at radius 2 is 1.45 bits per heavy atom. The van der Waals surface area contributed by atoms with Gasteiger partial charge in [-0.1, -0.05) is 82.4 Å². The Labute approximate surface area is 770 Å². The van der Waals surface area contributed by atoms with Gasteiger partial charge in [-0.05, 0) is 136 Å². The molecule has 0 unspecified atom stereocenters. The van der Waals surface area contributed by atoms with Crippen molar-refractivity contribution in [3.8, 4) is 11.3 Å². The number of nitrogens with two attached hydrogens (primary N) is 2. The van der Waals surface area contributed by atoms with Crippen LogP contribution in [0.3, 0.4) is 0 Å². The third-order valence-electron chi connectivity index (χ3n) is 28.1. The Morgan fingerprint density at radius 1 is 0.712 bits per heavy atom. The summed E-state index contributed by atoms with van der Waals surface area (Å²) in [6.07, 6.45) is 19.9. The van der Waals surface area contributed by atoms with Crippen LogP contribution in [-0.4, -0.2) is 306 Å². The molecule has 8 aliphatic rings. The van der Waals surface area contributed by atoms with Gasteiger partial charge in [0.1, 0.15) is 59.7 Å². The first kappa shape index (κ1) is 95.9. The summed E-state index contributed by atoms with van der Waals surface area (Å²) < 4.78 is 44.5. The van der Waals surface area contributed by atoms with Crippen LogP contribution < -0.4 is 21.3 Å². The van der Waals surface area contributed by atoms with Crippen LogP contribution >= 0.6 is 0 Å². The number of fused-ring (bicyclic) bond motifs is 7. The average molecular weight is 1820 g/mol. The summed E-state index contributed by atoms with van der Waals surface area (Å²) in [5, 5.41) is 30.5. The van der Waals surface area contributed by atoms with Crippen LogP contribution in [0.25, 0.3) is 33.3 Å². The van der Waals surface area contributed by atoms with Crippen molar-refractivity contribution >= 4 is 81.0 Å². The molecule has 35 heteroatoms. The number of hydrogen-bond acceptors (Lipinski definition) is 30. The van der Waals surface area contributed by atoms with Crippen LogP contribution in [0.1, 0.15) is 157 Å². The SMILES string of the molecule is CO[C@H]1C[C@@H]2CC[C@@H](C)[C@@](O)(O2)C(=O)C(=O)N2CCCC[C@H]2C(=O)O[C@H]([C@H](N)C[C@@H]2CC[C@@H](OC(=O)N3CCc4nc(N5CCN(CCOCCN6CCN(c7ncc(C(=O)N8CCc9cc(Cn%10nc(-c%11cnc%12[nH]ccc%12c%11)c%11c(N)ncnc%11%10)ccc9C8)cn7)CC6)CC5)ncc4C3)[C@H](OC)C2)CC(=O)[C@H](C)/C=C(\C)[C@@H](O)[C@@H](OC)C(=O)[C@H](C)C[C@H](C)/C=C/C=C/C=C/1C. The van der Waals surface area contributed by atoms with E-state index in [1.54, 1.807) is 71.5 Å². The predicted octanol–water partition coefficient (Wildman–Crippen LogP) is 8.13. The number of nitrogens with one attached hydrogen (secondary N) is 1. The Balaban J connectivity index is 0.487. The lowest BCUT2D eigenvalue weighted by Gasteiger charge is -2.42. The van der Waals surface area contributed by atoms with E-state index in [2.05, 4.69) is 67.7 Å². The number of anilines is 3. The van der Waals surface area contributed by atoms with Crippen LogP contribution in [0.15, 0.2) is 115 Å². The van der Waals surface area contributed by atoms with Gasteiger partial charge in [-0.15, -0.1) is 0 Å². The number of amides is 3. The van der Waals surface area contributed by atoms with Gasteiger partial charge >= 0.3 is 12.1 Å². The highest BCUT2D eigenvalue weighted by Crippen LogP contribution is 2.40. The molecule has 1 aliphatic carbocycles. The lowest BCUT2D eigenvalue weighted by Crippen LogP contribution is -2.61. The second kappa shape index (κ2) is 43.5. The number of esters is 1. The minimum Gasteiger partial charge on any atom is -0.459 e. The summed E-state index contributed by atoms with van der Waals surface area (Å²) >= 11 is 0. The van der Waals surface area contributed by atoms with Gasteiger partial charge in [-0.25, -0.2) is 49.2 Å². The highest BCUT2D eigenvalue weighted by atomic mass is 16.6. The average Bonchev–Trinajstić information content (AvgIpc) is 1.73. The number of pyridine rings is 1.